The van der Waals surface area contributed by atoms with Gasteiger partial charge < -0.3 is 15.4 Å². The highest BCUT2D eigenvalue weighted by Gasteiger charge is 2.11. The first-order valence-corrected chi connectivity index (χ1v) is 6.95. The van der Waals surface area contributed by atoms with Crippen LogP contribution in [0, 0.1) is 0 Å². The predicted molar refractivity (Wildman–Crippen MR) is 81.4 cm³/mol. The Morgan fingerprint density at radius 3 is 2.91 bits per heavy atom. The number of hydrogen-bond donors (Lipinski definition) is 2. The van der Waals surface area contributed by atoms with Crippen LogP contribution in [-0.4, -0.2) is 48.6 Å². The van der Waals surface area contributed by atoms with Gasteiger partial charge in [0.05, 0.1) is 17.7 Å². The zero-order chi connectivity index (χ0) is 15.8. The van der Waals surface area contributed by atoms with Gasteiger partial charge in [0.1, 0.15) is 0 Å². The van der Waals surface area contributed by atoms with Gasteiger partial charge >= 0.3 is 0 Å². The molecule has 2 aromatic rings. The molecule has 0 aliphatic carbocycles. The van der Waals surface area contributed by atoms with Crippen LogP contribution < -0.4 is 10.6 Å². The third-order valence-electron chi connectivity index (χ3n) is 3.02. The first-order chi connectivity index (χ1) is 10.7. The van der Waals surface area contributed by atoms with Crippen LogP contribution in [0.1, 0.15) is 16.8 Å². The topological polar surface area (TPSA) is 93.2 Å². The van der Waals surface area contributed by atoms with Gasteiger partial charge in [-0.05, 0) is 12.1 Å². The fraction of sp³-hybridized carbons (Fsp3) is 0.333. The molecular formula is C15H18N4O3. The first-order valence-electron chi connectivity index (χ1n) is 6.95. The first kappa shape index (κ1) is 15.8. The molecule has 0 bridgehead atoms. The van der Waals surface area contributed by atoms with E-state index in [1.165, 1.54) is 6.20 Å². The van der Waals surface area contributed by atoms with Crippen molar-refractivity contribution < 1.29 is 14.3 Å². The summed E-state index contributed by atoms with van der Waals surface area (Å²) in [6.07, 6.45) is 4.97. The third-order valence-corrected chi connectivity index (χ3v) is 3.02. The van der Waals surface area contributed by atoms with Crippen molar-refractivity contribution in [2.24, 2.45) is 0 Å². The highest BCUT2D eigenvalue weighted by molar-refractivity contribution is 6.04. The maximum Gasteiger partial charge on any atom is 0.255 e. The van der Waals surface area contributed by atoms with Crippen molar-refractivity contribution in [2.75, 3.05) is 26.8 Å². The van der Waals surface area contributed by atoms with Gasteiger partial charge in [-0.15, -0.1) is 0 Å². The van der Waals surface area contributed by atoms with Gasteiger partial charge in [0.15, 0.2) is 0 Å². The van der Waals surface area contributed by atoms with Gasteiger partial charge in [-0.2, -0.15) is 0 Å². The molecule has 2 rings (SSSR count). The number of hydrogen-bond acceptors (Lipinski definition) is 5. The van der Waals surface area contributed by atoms with Crippen molar-refractivity contribution in [1.29, 1.82) is 0 Å². The SMILES string of the molecule is COCCNC(=O)CCNC(=O)c1cncc2cccnc12. The molecule has 2 aromatic heterocycles. The zero-order valence-corrected chi connectivity index (χ0v) is 12.3. The van der Waals surface area contributed by atoms with Gasteiger partial charge in [0.25, 0.3) is 5.91 Å². The number of ether oxygens (including phenoxy) is 1. The second-order valence-electron chi connectivity index (χ2n) is 4.61. The number of carbonyl (C=O) groups is 2. The van der Waals surface area contributed by atoms with Gasteiger partial charge in [-0.1, -0.05) is 0 Å². The fourth-order valence-electron chi connectivity index (χ4n) is 1.93. The Balaban J connectivity index is 1.88. The Labute approximate surface area is 128 Å². The number of nitrogens with one attached hydrogen (secondary N) is 2. The number of carbonyl (C=O) groups excluding carboxylic acids is 2. The van der Waals surface area contributed by atoms with Crippen molar-refractivity contribution in [1.82, 2.24) is 20.6 Å². The van der Waals surface area contributed by atoms with E-state index in [9.17, 15) is 9.59 Å². The van der Waals surface area contributed by atoms with Crippen molar-refractivity contribution >= 4 is 22.7 Å². The van der Waals surface area contributed by atoms with Crippen LogP contribution in [0.2, 0.25) is 0 Å². The monoisotopic (exact) mass is 302 g/mol. The molecule has 7 nitrogen and oxygen atoms in total. The largest absolute Gasteiger partial charge is 0.383 e. The quantitative estimate of drug-likeness (QED) is 0.727. The minimum absolute atomic E-state index is 0.133. The number of nitrogens with zero attached hydrogens (tertiary/aromatic N) is 2. The molecule has 0 atom stereocenters. The van der Waals surface area contributed by atoms with Crippen molar-refractivity contribution in [3.05, 3.63) is 36.3 Å². The van der Waals surface area contributed by atoms with Gasteiger partial charge in [0, 0.05) is 50.6 Å². The Hall–Kier alpha value is -2.54. The van der Waals surface area contributed by atoms with E-state index >= 15 is 0 Å². The van der Waals surface area contributed by atoms with E-state index in [-0.39, 0.29) is 24.8 Å². The normalized spacial score (nSPS) is 10.4. The molecule has 0 aromatic carbocycles. The van der Waals surface area contributed by atoms with E-state index in [0.29, 0.717) is 24.2 Å². The number of rotatable bonds is 7. The van der Waals surface area contributed by atoms with Crippen molar-refractivity contribution in [3.63, 3.8) is 0 Å². The van der Waals surface area contributed by atoms with Crippen LogP contribution in [0.4, 0.5) is 0 Å². The Morgan fingerprint density at radius 1 is 1.23 bits per heavy atom. The molecule has 0 radical (unpaired) electrons. The molecule has 0 spiro atoms. The summed E-state index contributed by atoms with van der Waals surface area (Å²) in [4.78, 5) is 31.9. The van der Waals surface area contributed by atoms with Crippen molar-refractivity contribution in [3.8, 4) is 0 Å². The summed E-state index contributed by atoms with van der Waals surface area (Å²) in [5, 5.41) is 6.19. The molecule has 0 aliphatic rings. The number of amides is 2. The molecule has 0 saturated heterocycles. The number of fused-ring (bicyclic) bond motifs is 1. The molecule has 0 aliphatic heterocycles. The van der Waals surface area contributed by atoms with E-state index in [1.54, 1.807) is 25.6 Å². The maximum atomic E-state index is 12.2. The number of pyridine rings is 2. The summed E-state index contributed by atoms with van der Waals surface area (Å²) < 4.78 is 4.84. The molecule has 0 fully saturated rings. The average Bonchev–Trinajstić information content (AvgIpc) is 2.54. The van der Waals surface area contributed by atoms with E-state index in [0.717, 1.165) is 5.39 Å². The van der Waals surface area contributed by atoms with Crippen LogP contribution in [0.25, 0.3) is 10.9 Å². The standard InChI is InChI=1S/C15H18N4O3/c1-22-8-7-17-13(20)4-6-19-15(21)12-10-16-9-11-3-2-5-18-14(11)12/h2-3,5,9-10H,4,6-8H2,1H3,(H,17,20)(H,19,21). The van der Waals surface area contributed by atoms with E-state index < -0.39 is 0 Å². The highest BCUT2D eigenvalue weighted by atomic mass is 16.5. The molecule has 22 heavy (non-hydrogen) atoms. The molecule has 0 unspecified atom stereocenters. The molecule has 116 valence electrons. The highest BCUT2D eigenvalue weighted by Crippen LogP contribution is 2.13. The number of aromatic nitrogens is 2. The molecule has 2 heterocycles. The molecule has 7 heteroatoms. The second kappa shape index (κ2) is 8.04. The van der Waals surface area contributed by atoms with Gasteiger partial charge in [-0.3, -0.25) is 19.6 Å². The summed E-state index contributed by atoms with van der Waals surface area (Å²) in [5.41, 5.74) is 0.998. The Bertz CT molecular complexity index is 655. The maximum absolute atomic E-state index is 12.2. The van der Waals surface area contributed by atoms with Gasteiger partial charge in [-0.25, -0.2) is 0 Å². The smallest absolute Gasteiger partial charge is 0.255 e. The van der Waals surface area contributed by atoms with E-state index in [2.05, 4.69) is 20.6 Å². The lowest BCUT2D eigenvalue weighted by molar-refractivity contribution is -0.121. The molecule has 0 saturated carbocycles. The van der Waals surface area contributed by atoms with Crippen LogP contribution in [0.3, 0.4) is 0 Å². The second-order valence-corrected chi connectivity index (χ2v) is 4.61. The summed E-state index contributed by atoms with van der Waals surface area (Å²) in [7, 11) is 1.57. The van der Waals surface area contributed by atoms with Crippen LogP contribution in [0.15, 0.2) is 30.7 Å². The predicted octanol–water partition coefficient (Wildman–Crippen LogP) is 0.512. The Morgan fingerprint density at radius 2 is 2.09 bits per heavy atom. The Kier molecular flexibility index (Phi) is 5.79. The lowest BCUT2D eigenvalue weighted by Crippen LogP contribution is -2.32. The summed E-state index contributed by atoms with van der Waals surface area (Å²) in [5.74, 6) is -0.423. The minimum Gasteiger partial charge on any atom is -0.383 e. The van der Waals surface area contributed by atoms with E-state index in [4.69, 9.17) is 4.74 Å². The van der Waals surface area contributed by atoms with Crippen LogP contribution in [-0.2, 0) is 9.53 Å². The molecule has 2 amide bonds. The van der Waals surface area contributed by atoms with Crippen LogP contribution in [0.5, 0.6) is 0 Å². The lowest BCUT2D eigenvalue weighted by Gasteiger charge is -2.07. The van der Waals surface area contributed by atoms with Gasteiger partial charge in [0.2, 0.25) is 5.91 Å². The minimum atomic E-state index is -0.290. The van der Waals surface area contributed by atoms with Crippen molar-refractivity contribution in [2.45, 2.75) is 6.42 Å². The van der Waals surface area contributed by atoms with E-state index in [1.807, 2.05) is 6.07 Å². The lowest BCUT2D eigenvalue weighted by atomic mass is 10.1. The summed E-state index contributed by atoms with van der Waals surface area (Å²) in [6.45, 7) is 1.17. The fourth-order valence-corrected chi connectivity index (χ4v) is 1.93. The average molecular weight is 302 g/mol. The number of methoxy groups -OCH3 is 1. The summed E-state index contributed by atoms with van der Waals surface area (Å²) >= 11 is 0. The molecule has 2 N–H and O–H groups in total. The summed E-state index contributed by atoms with van der Waals surface area (Å²) in [6, 6.07) is 3.63. The molecular weight excluding hydrogens is 284 g/mol. The third kappa shape index (κ3) is 4.23. The van der Waals surface area contributed by atoms with Crippen LogP contribution >= 0.6 is 0 Å². The zero-order valence-electron chi connectivity index (χ0n) is 12.3.